The van der Waals surface area contributed by atoms with E-state index < -0.39 is 0 Å². The number of aromatic nitrogens is 4. The number of nitrogens with one attached hydrogen (secondary N) is 1. The van der Waals surface area contributed by atoms with Gasteiger partial charge in [0.05, 0.1) is 31.2 Å². The second-order valence-corrected chi connectivity index (χ2v) is 7.01. The largest absolute Gasteiger partial charge is 0.481 e. The first-order valence-corrected chi connectivity index (χ1v) is 9.69. The van der Waals surface area contributed by atoms with Crippen molar-refractivity contribution < 1.29 is 4.74 Å². The highest BCUT2D eigenvalue weighted by Crippen LogP contribution is 2.25. The standard InChI is InChI=1S/C23H20N6O/c1-30-22-8-7-18(14-25-22)27-21-9-10-29-23(28-21)20(15-26-29)17-12-19(24-13-17)11-16-5-3-2-4-6-16/h2-10,12-15,19H,11H2,1H3,(H,27,28). The van der Waals surface area contributed by atoms with E-state index in [1.165, 1.54) is 5.56 Å². The Balaban J connectivity index is 1.39. The Morgan fingerprint density at radius 2 is 1.97 bits per heavy atom. The fourth-order valence-corrected chi connectivity index (χ4v) is 3.46. The number of allylic oxidation sites excluding steroid dienone is 1. The van der Waals surface area contributed by atoms with Gasteiger partial charge in [-0.1, -0.05) is 36.4 Å². The number of ether oxygens (including phenoxy) is 1. The SMILES string of the molecule is COc1ccc(Nc2ccn3ncc(C4=CC(Cc5ccccc5)N=C4)c3n2)cn1. The molecule has 4 aromatic rings. The molecule has 0 saturated carbocycles. The van der Waals surface area contributed by atoms with Crippen molar-refractivity contribution >= 4 is 28.9 Å². The van der Waals surface area contributed by atoms with Crippen LogP contribution in [0.5, 0.6) is 5.88 Å². The quantitative estimate of drug-likeness (QED) is 0.534. The van der Waals surface area contributed by atoms with Crippen LogP contribution in [0, 0.1) is 0 Å². The number of hydrogen-bond donors (Lipinski definition) is 1. The molecule has 1 atom stereocenters. The van der Waals surface area contributed by atoms with Crippen molar-refractivity contribution in [3.8, 4) is 5.88 Å². The Kier molecular flexibility index (Phi) is 4.69. The molecule has 30 heavy (non-hydrogen) atoms. The van der Waals surface area contributed by atoms with E-state index >= 15 is 0 Å². The maximum Gasteiger partial charge on any atom is 0.213 e. The van der Waals surface area contributed by atoms with Crippen molar-refractivity contribution in [1.29, 1.82) is 0 Å². The molecule has 0 radical (unpaired) electrons. The van der Waals surface area contributed by atoms with Crippen molar-refractivity contribution in [3.63, 3.8) is 0 Å². The molecule has 1 aliphatic heterocycles. The van der Waals surface area contributed by atoms with Gasteiger partial charge in [-0.15, -0.1) is 0 Å². The predicted octanol–water partition coefficient (Wildman–Crippen LogP) is 3.96. The van der Waals surface area contributed by atoms with E-state index in [9.17, 15) is 0 Å². The molecule has 1 aliphatic rings. The van der Waals surface area contributed by atoms with Crippen LogP contribution in [0.4, 0.5) is 11.5 Å². The van der Waals surface area contributed by atoms with Gasteiger partial charge in [0, 0.05) is 29.6 Å². The highest BCUT2D eigenvalue weighted by atomic mass is 16.5. The first-order chi connectivity index (χ1) is 14.8. The Hall–Kier alpha value is -4.00. The Labute approximate surface area is 173 Å². The van der Waals surface area contributed by atoms with Crippen LogP contribution < -0.4 is 10.1 Å². The molecule has 1 N–H and O–H groups in total. The lowest BCUT2D eigenvalue weighted by atomic mass is 10.0. The minimum absolute atomic E-state index is 0.129. The van der Waals surface area contributed by atoms with Gasteiger partial charge in [-0.25, -0.2) is 14.5 Å². The molecule has 4 heterocycles. The zero-order valence-electron chi connectivity index (χ0n) is 16.4. The molecule has 1 aromatic carbocycles. The minimum Gasteiger partial charge on any atom is -0.481 e. The first kappa shape index (κ1) is 18.1. The summed E-state index contributed by atoms with van der Waals surface area (Å²) in [6.45, 7) is 0. The molecule has 0 amide bonds. The van der Waals surface area contributed by atoms with E-state index in [-0.39, 0.29) is 6.04 Å². The third-order valence-electron chi connectivity index (χ3n) is 4.96. The molecule has 0 spiro atoms. The molecule has 148 valence electrons. The normalized spacial score (nSPS) is 15.4. The fourth-order valence-electron chi connectivity index (χ4n) is 3.46. The summed E-state index contributed by atoms with van der Waals surface area (Å²) in [5.74, 6) is 1.28. The van der Waals surface area contributed by atoms with Crippen LogP contribution in [-0.4, -0.2) is 38.9 Å². The summed E-state index contributed by atoms with van der Waals surface area (Å²) >= 11 is 0. The second-order valence-electron chi connectivity index (χ2n) is 7.01. The Bertz CT molecular complexity index is 1230. The van der Waals surface area contributed by atoms with Crippen molar-refractivity contribution in [2.45, 2.75) is 12.5 Å². The summed E-state index contributed by atoms with van der Waals surface area (Å²) in [6, 6.07) is 16.1. The van der Waals surface area contributed by atoms with Crippen LogP contribution in [0.3, 0.4) is 0 Å². The van der Waals surface area contributed by atoms with Crippen molar-refractivity contribution in [3.05, 3.63) is 84.3 Å². The zero-order chi connectivity index (χ0) is 20.3. The highest BCUT2D eigenvalue weighted by Gasteiger charge is 2.17. The highest BCUT2D eigenvalue weighted by molar-refractivity contribution is 6.13. The minimum atomic E-state index is 0.129. The van der Waals surface area contributed by atoms with Gasteiger partial charge in [0.1, 0.15) is 5.82 Å². The lowest BCUT2D eigenvalue weighted by Crippen LogP contribution is -2.02. The molecule has 0 fully saturated rings. The smallest absolute Gasteiger partial charge is 0.213 e. The van der Waals surface area contributed by atoms with E-state index in [0.717, 1.165) is 28.9 Å². The molecule has 0 saturated heterocycles. The van der Waals surface area contributed by atoms with Crippen molar-refractivity contribution in [2.24, 2.45) is 4.99 Å². The molecule has 7 nitrogen and oxygen atoms in total. The molecule has 1 unspecified atom stereocenters. The van der Waals surface area contributed by atoms with Gasteiger partial charge in [-0.3, -0.25) is 4.99 Å². The number of pyridine rings is 1. The molecular weight excluding hydrogens is 376 g/mol. The van der Waals surface area contributed by atoms with Crippen molar-refractivity contribution in [1.82, 2.24) is 19.6 Å². The van der Waals surface area contributed by atoms with E-state index in [4.69, 9.17) is 9.72 Å². The number of rotatable bonds is 6. The lowest BCUT2D eigenvalue weighted by Gasteiger charge is -2.07. The van der Waals surface area contributed by atoms with E-state index in [1.807, 2.05) is 36.8 Å². The van der Waals surface area contributed by atoms with Gasteiger partial charge in [-0.05, 0) is 24.1 Å². The molecular formula is C23H20N6O. The third-order valence-corrected chi connectivity index (χ3v) is 4.96. The van der Waals surface area contributed by atoms with Gasteiger partial charge in [-0.2, -0.15) is 5.10 Å². The molecule has 7 heteroatoms. The summed E-state index contributed by atoms with van der Waals surface area (Å²) in [7, 11) is 1.59. The maximum atomic E-state index is 5.10. The number of hydrogen-bond acceptors (Lipinski definition) is 6. The molecule has 0 bridgehead atoms. The molecule has 0 aliphatic carbocycles. The van der Waals surface area contributed by atoms with Gasteiger partial charge in [0.2, 0.25) is 5.88 Å². The summed E-state index contributed by atoms with van der Waals surface area (Å²) in [4.78, 5) is 13.6. The van der Waals surface area contributed by atoms with Gasteiger partial charge >= 0.3 is 0 Å². The van der Waals surface area contributed by atoms with Crippen molar-refractivity contribution in [2.75, 3.05) is 12.4 Å². The topological polar surface area (TPSA) is 76.7 Å². The summed E-state index contributed by atoms with van der Waals surface area (Å²) in [5.41, 5.74) is 4.89. The number of nitrogens with zero attached hydrogens (tertiary/aromatic N) is 5. The number of methoxy groups -OCH3 is 1. The number of aliphatic imine (C=N–C) groups is 1. The Morgan fingerprint density at radius 3 is 2.77 bits per heavy atom. The van der Waals surface area contributed by atoms with E-state index in [2.05, 4.69) is 50.7 Å². The number of anilines is 2. The monoisotopic (exact) mass is 396 g/mol. The lowest BCUT2D eigenvalue weighted by molar-refractivity contribution is 0.398. The number of fused-ring (bicyclic) bond motifs is 1. The van der Waals surface area contributed by atoms with Crippen LogP contribution in [0.25, 0.3) is 11.2 Å². The average molecular weight is 396 g/mol. The van der Waals surface area contributed by atoms with Crippen LogP contribution in [-0.2, 0) is 6.42 Å². The maximum absolute atomic E-state index is 5.10. The van der Waals surface area contributed by atoms with Gasteiger partial charge in [0.25, 0.3) is 0 Å². The average Bonchev–Trinajstić information content (AvgIpc) is 3.41. The Morgan fingerprint density at radius 1 is 1.07 bits per heavy atom. The van der Waals surface area contributed by atoms with Crippen LogP contribution in [0.15, 0.2) is 78.2 Å². The second kappa shape index (κ2) is 7.79. The third kappa shape index (κ3) is 3.65. The molecule has 3 aromatic heterocycles. The predicted molar refractivity (Wildman–Crippen MR) is 117 cm³/mol. The fraction of sp³-hybridized carbons (Fsp3) is 0.130. The zero-order valence-corrected chi connectivity index (χ0v) is 16.4. The first-order valence-electron chi connectivity index (χ1n) is 9.69. The van der Waals surface area contributed by atoms with E-state index in [1.54, 1.807) is 23.9 Å². The summed E-state index contributed by atoms with van der Waals surface area (Å²) in [5, 5.41) is 7.71. The van der Waals surface area contributed by atoms with Crippen LogP contribution in [0.1, 0.15) is 11.1 Å². The van der Waals surface area contributed by atoms with Crippen LogP contribution >= 0.6 is 0 Å². The van der Waals surface area contributed by atoms with E-state index in [0.29, 0.717) is 11.7 Å². The molecule has 5 rings (SSSR count). The van der Waals surface area contributed by atoms with Gasteiger partial charge in [0.15, 0.2) is 5.65 Å². The summed E-state index contributed by atoms with van der Waals surface area (Å²) in [6.07, 6.45) is 10.4. The van der Waals surface area contributed by atoms with Crippen LogP contribution in [0.2, 0.25) is 0 Å². The number of benzene rings is 1. The summed E-state index contributed by atoms with van der Waals surface area (Å²) < 4.78 is 6.87. The van der Waals surface area contributed by atoms with Gasteiger partial charge < -0.3 is 10.1 Å².